The summed E-state index contributed by atoms with van der Waals surface area (Å²) in [7, 11) is 0. The number of hydrogen-bond acceptors (Lipinski definition) is 3. The van der Waals surface area contributed by atoms with Crippen molar-refractivity contribution in [1.29, 1.82) is 5.41 Å². The van der Waals surface area contributed by atoms with Gasteiger partial charge in [0, 0.05) is 18.5 Å². The molecule has 0 saturated carbocycles. The summed E-state index contributed by atoms with van der Waals surface area (Å²) >= 11 is 0. The van der Waals surface area contributed by atoms with Crippen molar-refractivity contribution in [3.8, 4) is 0 Å². The molecule has 1 aliphatic heterocycles. The van der Waals surface area contributed by atoms with Gasteiger partial charge in [-0.3, -0.25) is 0 Å². The molecule has 1 aliphatic rings. The molecule has 3 heteroatoms. The molecule has 0 aromatic rings. The van der Waals surface area contributed by atoms with Gasteiger partial charge in [-0.15, -0.1) is 0 Å². The predicted molar refractivity (Wildman–Crippen MR) is 37.5 cm³/mol. The Bertz CT molecular complexity index is 148. The zero-order valence-corrected chi connectivity index (χ0v) is 5.28. The van der Waals surface area contributed by atoms with E-state index in [9.17, 15) is 0 Å². The quantitative estimate of drug-likeness (QED) is 0.426. The minimum Gasteiger partial charge on any atom is -0.401 e. The fourth-order valence-electron chi connectivity index (χ4n) is 0.885. The van der Waals surface area contributed by atoms with Gasteiger partial charge in [-0.2, -0.15) is 0 Å². The molecule has 0 aromatic carbocycles. The molecular formula is C6H11N3. The molecule has 0 fully saturated rings. The van der Waals surface area contributed by atoms with Gasteiger partial charge in [0.05, 0.1) is 0 Å². The molecule has 50 valence electrons. The van der Waals surface area contributed by atoms with Crippen molar-refractivity contribution in [1.82, 2.24) is 5.32 Å². The molecule has 0 spiro atoms. The molecule has 3 nitrogen and oxygen atoms in total. The lowest BCUT2D eigenvalue weighted by Gasteiger charge is -2.14. The molecule has 0 saturated heterocycles. The van der Waals surface area contributed by atoms with Gasteiger partial charge in [0.2, 0.25) is 0 Å². The first kappa shape index (κ1) is 6.29. The molecule has 0 radical (unpaired) electrons. The van der Waals surface area contributed by atoms with Crippen LogP contribution in [0, 0.1) is 5.41 Å². The summed E-state index contributed by atoms with van der Waals surface area (Å²) in [6.07, 6.45) is 2.24. The minimum absolute atomic E-state index is 0.741. The van der Waals surface area contributed by atoms with Crippen LogP contribution in [-0.4, -0.2) is 19.3 Å². The number of nitrogens with one attached hydrogen (secondary N) is 2. The van der Waals surface area contributed by atoms with Crippen LogP contribution in [0.4, 0.5) is 0 Å². The fourth-order valence-corrected chi connectivity index (χ4v) is 0.885. The van der Waals surface area contributed by atoms with Crippen molar-refractivity contribution in [3.05, 3.63) is 11.3 Å². The molecule has 1 heterocycles. The molecule has 0 amide bonds. The van der Waals surface area contributed by atoms with Crippen molar-refractivity contribution < 1.29 is 0 Å². The summed E-state index contributed by atoms with van der Waals surface area (Å²) in [4.78, 5) is 0. The average Bonchev–Trinajstić information content (AvgIpc) is 1.89. The Balaban J connectivity index is 2.70. The second-order valence-electron chi connectivity index (χ2n) is 2.12. The third kappa shape index (κ3) is 1.29. The van der Waals surface area contributed by atoms with Crippen LogP contribution in [0.25, 0.3) is 0 Å². The summed E-state index contributed by atoms with van der Waals surface area (Å²) in [5.74, 6) is 0. The monoisotopic (exact) mass is 125 g/mol. The van der Waals surface area contributed by atoms with Gasteiger partial charge in [0.15, 0.2) is 0 Å². The Labute approximate surface area is 54.4 Å². The van der Waals surface area contributed by atoms with Gasteiger partial charge in [0.1, 0.15) is 0 Å². The molecule has 0 bridgehead atoms. The first-order chi connectivity index (χ1) is 4.34. The van der Waals surface area contributed by atoms with Crippen molar-refractivity contribution in [2.75, 3.05) is 13.1 Å². The Hall–Kier alpha value is -0.830. The van der Waals surface area contributed by atoms with Crippen molar-refractivity contribution in [3.63, 3.8) is 0 Å². The number of rotatable bonds is 1. The van der Waals surface area contributed by atoms with E-state index in [1.165, 1.54) is 6.21 Å². The Morgan fingerprint density at radius 1 is 1.67 bits per heavy atom. The molecule has 0 atom stereocenters. The van der Waals surface area contributed by atoms with Crippen molar-refractivity contribution in [2.45, 2.75) is 6.42 Å². The van der Waals surface area contributed by atoms with Crippen LogP contribution < -0.4 is 11.1 Å². The van der Waals surface area contributed by atoms with E-state index in [-0.39, 0.29) is 0 Å². The van der Waals surface area contributed by atoms with Crippen LogP contribution in [-0.2, 0) is 0 Å². The second kappa shape index (κ2) is 2.64. The van der Waals surface area contributed by atoms with Gasteiger partial charge in [-0.1, -0.05) is 0 Å². The van der Waals surface area contributed by atoms with Gasteiger partial charge in [-0.25, -0.2) is 0 Å². The van der Waals surface area contributed by atoms with Crippen molar-refractivity contribution in [2.24, 2.45) is 5.73 Å². The lowest BCUT2D eigenvalue weighted by molar-refractivity contribution is 0.687. The third-order valence-electron chi connectivity index (χ3n) is 1.47. The Kier molecular flexibility index (Phi) is 1.85. The van der Waals surface area contributed by atoms with E-state index in [2.05, 4.69) is 5.32 Å². The highest BCUT2D eigenvalue weighted by Crippen LogP contribution is 2.03. The smallest absolute Gasteiger partial charge is 0.0355 e. The normalized spacial score (nSPS) is 20.0. The van der Waals surface area contributed by atoms with Gasteiger partial charge < -0.3 is 16.5 Å². The topological polar surface area (TPSA) is 61.9 Å². The zero-order valence-electron chi connectivity index (χ0n) is 5.28. The van der Waals surface area contributed by atoms with Crippen LogP contribution >= 0.6 is 0 Å². The molecule has 9 heavy (non-hydrogen) atoms. The van der Waals surface area contributed by atoms with E-state index in [1.54, 1.807) is 0 Å². The van der Waals surface area contributed by atoms with E-state index in [1.807, 2.05) is 0 Å². The van der Waals surface area contributed by atoms with E-state index in [4.69, 9.17) is 11.1 Å². The highest BCUT2D eigenvalue weighted by molar-refractivity contribution is 5.77. The standard InChI is InChI=1S/C6H11N3/c7-3-5-1-2-9-4-6(5)8/h3,7,9H,1-2,4,8H2. The maximum Gasteiger partial charge on any atom is 0.0355 e. The predicted octanol–water partition coefficient (Wildman–Crippen LogP) is -0.158. The molecule has 0 unspecified atom stereocenters. The molecule has 0 aromatic heterocycles. The van der Waals surface area contributed by atoms with E-state index in [0.717, 1.165) is 30.8 Å². The second-order valence-corrected chi connectivity index (χ2v) is 2.12. The van der Waals surface area contributed by atoms with Crippen LogP contribution in [0.15, 0.2) is 11.3 Å². The summed E-state index contributed by atoms with van der Waals surface area (Å²) in [6, 6.07) is 0. The minimum atomic E-state index is 0.741. The van der Waals surface area contributed by atoms with Crippen LogP contribution in [0.1, 0.15) is 6.42 Å². The Morgan fingerprint density at radius 3 is 2.89 bits per heavy atom. The van der Waals surface area contributed by atoms with Gasteiger partial charge in [-0.05, 0) is 18.5 Å². The maximum atomic E-state index is 6.94. The van der Waals surface area contributed by atoms with Gasteiger partial charge >= 0.3 is 0 Å². The zero-order chi connectivity index (χ0) is 6.69. The first-order valence-electron chi connectivity index (χ1n) is 3.03. The van der Waals surface area contributed by atoms with Gasteiger partial charge in [0.25, 0.3) is 0 Å². The number of hydrogen-bond donors (Lipinski definition) is 3. The lowest BCUT2D eigenvalue weighted by atomic mass is 10.1. The van der Waals surface area contributed by atoms with E-state index in [0.29, 0.717) is 0 Å². The summed E-state index contributed by atoms with van der Waals surface area (Å²) in [5, 5.41) is 10.0. The van der Waals surface area contributed by atoms with E-state index < -0.39 is 0 Å². The summed E-state index contributed by atoms with van der Waals surface area (Å²) in [5.41, 5.74) is 7.35. The number of nitrogens with two attached hydrogens (primary N) is 1. The molecule has 1 rings (SSSR count). The summed E-state index contributed by atoms with van der Waals surface area (Å²) < 4.78 is 0. The van der Waals surface area contributed by atoms with Crippen molar-refractivity contribution >= 4 is 6.21 Å². The third-order valence-corrected chi connectivity index (χ3v) is 1.47. The van der Waals surface area contributed by atoms with Crippen LogP contribution in [0.2, 0.25) is 0 Å². The fraction of sp³-hybridized carbons (Fsp3) is 0.500. The average molecular weight is 125 g/mol. The molecular weight excluding hydrogens is 114 g/mol. The maximum absolute atomic E-state index is 6.94. The Morgan fingerprint density at radius 2 is 2.44 bits per heavy atom. The van der Waals surface area contributed by atoms with Crippen LogP contribution in [0.3, 0.4) is 0 Å². The lowest BCUT2D eigenvalue weighted by Crippen LogP contribution is -2.29. The first-order valence-corrected chi connectivity index (χ1v) is 3.03. The molecule has 0 aliphatic carbocycles. The highest BCUT2D eigenvalue weighted by atomic mass is 14.9. The SMILES string of the molecule is N=CC1=C(N)CNCC1. The van der Waals surface area contributed by atoms with Crippen LogP contribution in [0.5, 0.6) is 0 Å². The van der Waals surface area contributed by atoms with E-state index >= 15 is 0 Å². The largest absolute Gasteiger partial charge is 0.401 e. The highest BCUT2D eigenvalue weighted by Gasteiger charge is 2.05. The molecule has 4 N–H and O–H groups in total. The summed E-state index contributed by atoms with van der Waals surface area (Å²) in [6.45, 7) is 1.69.